The molecule has 0 aliphatic heterocycles. The summed E-state index contributed by atoms with van der Waals surface area (Å²) in [6, 6.07) is 56.6. The van der Waals surface area contributed by atoms with E-state index in [1.807, 2.05) is 6.07 Å². The lowest BCUT2D eigenvalue weighted by atomic mass is 9.72. The molecule has 7 aromatic carbocycles. The summed E-state index contributed by atoms with van der Waals surface area (Å²) in [7, 11) is 0. The molecule has 1 unspecified atom stereocenters. The van der Waals surface area contributed by atoms with E-state index in [-0.39, 0.29) is 5.41 Å². The predicted molar refractivity (Wildman–Crippen MR) is 280 cm³/mol. The molecule has 324 valence electrons. The average molecular weight is 856 g/mol. The van der Waals surface area contributed by atoms with E-state index in [2.05, 4.69) is 209 Å². The van der Waals surface area contributed by atoms with Gasteiger partial charge in [-0.2, -0.15) is 0 Å². The number of rotatable bonds is 7. The Kier molecular flexibility index (Phi) is 9.97. The first kappa shape index (κ1) is 40.6. The zero-order valence-corrected chi connectivity index (χ0v) is 38.7. The van der Waals surface area contributed by atoms with Crippen molar-refractivity contribution in [3.63, 3.8) is 0 Å². The van der Waals surface area contributed by atoms with E-state index in [9.17, 15) is 0 Å². The van der Waals surface area contributed by atoms with E-state index in [4.69, 9.17) is 4.42 Å². The van der Waals surface area contributed by atoms with Crippen LogP contribution in [0, 0.1) is 17.3 Å². The number of hydrogen-bond donors (Lipinski definition) is 0. The van der Waals surface area contributed by atoms with Gasteiger partial charge < -0.3 is 9.32 Å². The molecule has 0 saturated heterocycles. The Bertz CT molecular complexity index is 3370. The van der Waals surface area contributed by atoms with Crippen molar-refractivity contribution in [3.8, 4) is 22.3 Å². The van der Waals surface area contributed by atoms with Gasteiger partial charge in [0.25, 0.3) is 0 Å². The second-order valence-corrected chi connectivity index (χ2v) is 19.9. The Balaban J connectivity index is 1.04. The quantitative estimate of drug-likeness (QED) is 0.159. The van der Waals surface area contributed by atoms with E-state index in [0.29, 0.717) is 17.8 Å². The Morgan fingerprint density at radius 1 is 0.621 bits per heavy atom. The SMILES string of the molecule is CC1C=C2C3=C(C=CC=C[C@@H]3C)C(C)(C)C2=C(c2cccc(N(c3ccc(-c4cccc5c4oc4ccccc45)cc3)c3ccccc3-c3cccc4cccc(C5CCCCC5)c34)c2)C1. The first-order valence-corrected chi connectivity index (χ1v) is 24.4. The summed E-state index contributed by atoms with van der Waals surface area (Å²) in [5.41, 5.74) is 20.1. The fourth-order valence-corrected chi connectivity index (χ4v) is 12.4. The molecule has 4 aliphatic carbocycles. The molecule has 0 bridgehead atoms. The van der Waals surface area contributed by atoms with Crippen molar-refractivity contribution in [3.05, 3.63) is 215 Å². The van der Waals surface area contributed by atoms with Gasteiger partial charge in [-0.1, -0.05) is 193 Å². The first-order valence-electron chi connectivity index (χ1n) is 24.4. The average Bonchev–Trinajstić information content (AvgIpc) is 3.75. The van der Waals surface area contributed by atoms with E-state index in [0.717, 1.165) is 50.9 Å². The smallest absolute Gasteiger partial charge is 0.143 e. The highest BCUT2D eigenvalue weighted by molar-refractivity contribution is 6.10. The number of furan rings is 1. The van der Waals surface area contributed by atoms with Crippen LogP contribution in [-0.4, -0.2) is 0 Å². The van der Waals surface area contributed by atoms with Crippen LogP contribution < -0.4 is 4.90 Å². The van der Waals surface area contributed by atoms with Crippen molar-refractivity contribution >= 4 is 55.3 Å². The highest BCUT2D eigenvalue weighted by Gasteiger charge is 2.44. The van der Waals surface area contributed by atoms with Crippen LogP contribution in [0.2, 0.25) is 0 Å². The summed E-state index contributed by atoms with van der Waals surface area (Å²) >= 11 is 0. The number of nitrogens with zero attached hydrogens (tertiary/aromatic N) is 1. The fourth-order valence-electron chi connectivity index (χ4n) is 12.4. The lowest BCUT2D eigenvalue weighted by molar-refractivity contribution is 0.445. The molecule has 2 atom stereocenters. The van der Waals surface area contributed by atoms with Crippen molar-refractivity contribution in [2.24, 2.45) is 17.3 Å². The van der Waals surface area contributed by atoms with Crippen LogP contribution in [0.4, 0.5) is 17.1 Å². The molecule has 0 radical (unpaired) electrons. The zero-order chi connectivity index (χ0) is 44.5. The fraction of sp³-hybridized carbons (Fsp3) is 0.219. The van der Waals surface area contributed by atoms with E-state index in [1.54, 1.807) is 0 Å². The maximum atomic E-state index is 6.54. The highest BCUT2D eigenvalue weighted by Crippen LogP contribution is 2.59. The number of allylic oxidation sites excluding steroid dienone is 10. The normalized spacial score (nSPS) is 19.4. The summed E-state index contributed by atoms with van der Waals surface area (Å²) in [6.45, 7) is 9.66. The lowest BCUT2D eigenvalue weighted by Crippen LogP contribution is -2.18. The van der Waals surface area contributed by atoms with Crippen molar-refractivity contribution in [1.29, 1.82) is 0 Å². The maximum Gasteiger partial charge on any atom is 0.143 e. The van der Waals surface area contributed by atoms with Gasteiger partial charge in [-0.3, -0.25) is 0 Å². The molecule has 1 fully saturated rings. The van der Waals surface area contributed by atoms with E-state index in [1.165, 1.54) is 98.7 Å². The van der Waals surface area contributed by atoms with Gasteiger partial charge in [0.05, 0.1) is 5.69 Å². The van der Waals surface area contributed by atoms with Crippen molar-refractivity contribution < 1.29 is 4.42 Å². The molecule has 8 aromatic rings. The number of fused-ring (bicyclic) bond motifs is 6. The van der Waals surface area contributed by atoms with Gasteiger partial charge in [0, 0.05) is 44.6 Å². The molecule has 12 rings (SSSR count). The molecule has 1 heterocycles. The molecule has 2 heteroatoms. The number of para-hydroxylation sites is 3. The third-order valence-electron chi connectivity index (χ3n) is 15.4. The van der Waals surface area contributed by atoms with Gasteiger partial charge in [-0.15, -0.1) is 0 Å². The Labute approximate surface area is 390 Å². The molecule has 1 aromatic heterocycles. The van der Waals surface area contributed by atoms with Gasteiger partial charge in [-0.25, -0.2) is 0 Å². The standard InChI is InChI=1S/C64H57NO/c1-41-38-55(62-56(39-41)60-42(2)18-8-11-31-57(60)64(62,3)4)46-23-14-24-48(40-46)65(47-36-34-44(35-37-47)50-28-17-30-54-52-26-10-13-33-59(52)66-63(50)54)58-32-12-9-25-51(58)53-29-16-22-45-21-15-27-49(61(45)53)43-19-6-5-7-20-43/h8-18,21-37,39-43H,5-7,19-20,38H2,1-4H3/t41?,42-/m0/s1. The summed E-state index contributed by atoms with van der Waals surface area (Å²) in [5, 5.41) is 5.01. The molecule has 0 spiro atoms. The summed E-state index contributed by atoms with van der Waals surface area (Å²) < 4.78 is 6.54. The van der Waals surface area contributed by atoms with Crippen molar-refractivity contribution in [1.82, 2.24) is 0 Å². The number of benzene rings is 7. The Morgan fingerprint density at radius 3 is 2.21 bits per heavy atom. The van der Waals surface area contributed by atoms with Crippen LogP contribution in [0.3, 0.4) is 0 Å². The van der Waals surface area contributed by atoms with Crippen molar-refractivity contribution in [2.45, 2.75) is 72.1 Å². The van der Waals surface area contributed by atoms with Crippen LogP contribution >= 0.6 is 0 Å². The topological polar surface area (TPSA) is 16.4 Å². The minimum absolute atomic E-state index is 0.112. The number of anilines is 3. The molecule has 4 aliphatic rings. The van der Waals surface area contributed by atoms with E-state index >= 15 is 0 Å². The van der Waals surface area contributed by atoms with Gasteiger partial charge in [0.1, 0.15) is 11.2 Å². The van der Waals surface area contributed by atoms with Crippen molar-refractivity contribution in [2.75, 3.05) is 4.90 Å². The summed E-state index contributed by atoms with van der Waals surface area (Å²) in [5.74, 6) is 1.37. The van der Waals surface area contributed by atoms with Crippen LogP contribution in [0.15, 0.2) is 209 Å². The second-order valence-electron chi connectivity index (χ2n) is 19.9. The van der Waals surface area contributed by atoms with Crippen LogP contribution in [0.1, 0.15) is 83.3 Å². The van der Waals surface area contributed by atoms with Gasteiger partial charge in [0.2, 0.25) is 0 Å². The van der Waals surface area contributed by atoms with Gasteiger partial charge in [-0.05, 0) is 128 Å². The lowest BCUT2D eigenvalue weighted by Gasteiger charge is -2.32. The summed E-state index contributed by atoms with van der Waals surface area (Å²) in [6.07, 6.45) is 19.3. The van der Waals surface area contributed by atoms with Crippen LogP contribution in [0.5, 0.6) is 0 Å². The second kappa shape index (κ2) is 16.2. The van der Waals surface area contributed by atoms with Crippen LogP contribution in [0.25, 0.3) is 60.5 Å². The molecule has 1 saturated carbocycles. The predicted octanol–water partition coefficient (Wildman–Crippen LogP) is 18.4. The van der Waals surface area contributed by atoms with Gasteiger partial charge >= 0.3 is 0 Å². The van der Waals surface area contributed by atoms with Gasteiger partial charge in [0.15, 0.2) is 0 Å². The third kappa shape index (κ3) is 6.67. The monoisotopic (exact) mass is 855 g/mol. The van der Waals surface area contributed by atoms with E-state index < -0.39 is 0 Å². The highest BCUT2D eigenvalue weighted by atomic mass is 16.3. The third-order valence-corrected chi connectivity index (χ3v) is 15.4. The molecule has 66 heavy (non-hydrogen) atoms. The number of hydrogen-bond acceptors (Lipinski definition) is 2. The molecule has 0 amide bonds. The Hall–Kier alpha value is -6.90. The molecular formula is C64H57NO. The first-order chi connectivity index (χ1) is 32.3. The minimum Gasteiger partial charge on any atom is -0.455 e. The van der Waals surface area contributed by atoms with Crippen LogP contribution in [-0.2, 0) is 0 Å². The molecule has 2 nitrogen and oxygen atoms in total. The molecular weight excluding hydrogens is 799 g/mol. The minimum atomic E-state index is -0.112. The largest absolute Gasteiger partial charge is 0.455 e. The zero-order valence-electron chi connectivity index (χ0n) is 38.7. The maximum absolute atomic E-state index is 6.54. The molecule has 0 N–H and O–H groups in total. The summed E-state index contributed by atoms with van der Waals surface area (Å²) in [4.78, 5) is 2.52. The Morgan fingerprint density at radius 2 is 1.35 bits per heavy atom.